The average Bonchev–Trinajstić information content (AvgIpc) is 3.38. The van der Waals surface area contributed by atoms with E-state index in [9.17, 15) is 13.2 Å². The van der Waals surface area contributed by atoms with Gasteiger partial charge in [0.05, 0.1) is 23.5 Å². The molecule has 1 aliphatic carbocycles. The van der Waals surface area contributed by atoms with Crippen molar-refractivity contribution in [2.24, 2.45) is 13.0 Å². The van der Waals surface area contributed by atoms with Gasteiger partial charge < -0.3 is 9.64 Å². The molecule has 0 N–H and O–H groups in total. The van der Waals surface area contributed by atoms with E-state index in [-0.39, 0.29) is 17.7 Å². The van der Waals surface area contributed by atoms with Crippen LogP contribution in [0, 0.1) is 11.7 Å². The largest absolute Gasteiger partial charge is 0.487 e. The summed E-state index contributed by atoms with van der Waals surface area (Å²) in [6, 6.07) is 7.46. The van der Waals surface area contributed by atoms with Crippen LogP contribution >= 0.6 is 0 Å². The number of hydrogen-bond donors (Lipinski definition) is 0. The first-order chi connectivity index (χ1) is 15.9. The highest BCUT2D eigenvalue weighted by Gasteiger charge is 2.38. The SMILES string of the molecule is CN(c1ccn2ncc(-c3ccn(C)n3)c2n1)C(c1cc(F)ccc1OCC(F)F)C1CC1. The Morgan fingerprint density at radius 3 is 2.70 bits per heavy atom. The lowest BCUT2D eigenvalue weighted by Crippen LogP contribution is -2.27. The van der Waals surface area contributed by atoms with Crippen LogP contribution in [0.2, 0.25) is 0 Å². The zero-order chi connectivity index (χ0) is 23.1. The number of aryl methyl sites for hydroxylation is 1. The predicted octanol–water partition coefficient (Wildman–Crippen LogP) is 4.50. The Bertz CT molecular complexity index is 1280. The van der Waals surface area contributed by atoms with Crippen LogP contribution in [0.5, 0.6) is 5.75 Å². The van der Waals surface area contributed by atoms with E-state index in [1.54, 1.807) is 15.4 Å². The summed E-state index contributed by atoms with van der Waals surface area (Å²) < 4.78 is 48.5. The van der Waals surface area contributed by atoms with Crippen molar-refractivity contribution in [2.75, 3.05) is 18.6 Å². The quantitative estimate of drug-likeness (QED) is 0.391. The number of rotatable bonds is 8. The third-order valence-corrected chi connectivity index (χ3v) is 5.85. The number of anilines is 1. The Hall–Kier alpha value is -3.56. The van der Waals surface area contributed by atoms with Gasteiger partial charge in [0.1, 0.15) is 24.0 Å². The van der Waals surface area contributed by atoms with Crippen LogP contribution in [-0.4, -0.2) is 44.5 Å². The molecular formula is C23H23F3N6O. The maximum Gasteiger partial charge on any atom is 0.272 e. The molecule has 172 valence electrons. The van der Waals surface area contributed by atoms with Gasteiger partial charge in [0.15, 0.2) is 5.65 Å². The molecule has 0 bridgehead atoms. The Morgan fingerprint density at radius 2 is 2.00 bits per heavy atom. The number of halogens is 3. The number of alkyl halides is 2. The molecule has 1 aromatic carbocycles. The molecule has 0 aliphatic heterocycles. The highest BCUT2D eigenvalue weighted by atomic mass is 19.3. The second kappa shape index (κ2) is 8.42. The lowest BCUT2D eigenvalue weighted by atomic mass is 9.99. The van der Waals surface area contributed by atoms with Crippen molar-refractivity contribution in [3.63, 3.8) is 0 Å². The molecule has 4 aromatic rings. The van der Waals surface area contributed by atoms with Crippen molar-refractivity contribution in [1.29, 1.82) is 0 Å². The van der Waals surface area contributed by atoms with Gasteiger partial charge in [-0.2, -0.15) is 10.2 Å². The monoisotopic (exact) mass is 456 g/mol. The molecule has 5 rings (SSSR count). The minimum absolute atomic E-state index is 0.240. The van der Waals surface area contributed by atoms with Crippen LogP contribution in [0.3, 0.4) is 0 Å². The molecule has 3 aromatic heterocycles. The Labute approximate surface area is 188 Å². The number of nitrogens with zero attached hydrogens (tertiary/aromatic N) is 6. The predicted molar refractivity (Wildman–Crippen MR) is 117 cm³/mol. The first kappa shape index (κ1) is 21.3. The lowest BCUT2D eigenvalue weighted by Gasteiger charge is -2.31. The highest BCUT2D eigenvalue weighted by molar-refractivity contribution is 5.75. The first-order valence-corrected chi connectivity index (χ1v) is 10.7. The van der Waals surface area contributed by atoms with Crippen LogP contribution in [0.15, 0.2) is 48.9 Å². The van der Waals surface area contributed by atoms with Crippen molar-refractivity contribution < 1.29 is 17.9 Å². The summed E-state index contributed by atoms with van der Waals surface area (Å²) in [6.07, 6.45) is 4.67. The minimum Gasteiger partial charge on any atom is -0.487 e. The molecule has 1 unspecified atom stereocenters. The summed E-state index contributed by atoms with van der Waals surface area (Å²) in [5.74, 6) is 0.718. The molecule has 0 radical (unpaired) electrons. The standard InChI is InChI=1S/C23H23F3N6O/c1-30-9-7-18(29-30)17-12-27-32-10-8-21(28-23(17)32)31(2)22(14-3-4-14)16-11-15(24)5-6-19(16)33-13-20(25)26/h5-12,14,20,22H,3-4,13H2,1-2H3. The maximum atomic E-state index is 14.2. The zero-order valence-electron chi connectivity index (χ0n) is 18.2. The van der Waals surface area contributed by atoms with Gasteiger partial charge in [-0.25, -0.2) is 22.7 Å². The van der Waals surface area contributed by atoms with Gasteiger partial charge >= 0.3 is 0 Å². The van der Waals surface area contributed by atoms with Gasteiger partial charge in [-0.15, -0.1) is 0 Å². The van der Waals surface area contributed by atoms with Gasteiger partial charge in [-0.3, -0.25) is 4.68 Å². The van der Waals surface area contributed by atoms with Crippen molar-refractivity contribution in [2.45, 2.75) is 25.3 Å². The fourth-order valence-corrected chi connectivity index (χ4v) is 4.16. The molecule has 33 heavy (non-hydrogen) atoms. The van der Waals surface area contributed by atoms with Gasteiger partial charge in [0.25, 0.3) is 6.43 Å². The van der Waals surface area contributed by atoms with Crippen molar-refractivity contribution >= 4 is 11.5 Å². The molecule has 3 heterocycles. The Morgan fingerprint density at radius 1 is 1.18 bits per heavy atom. The van der Waals surface area contributed by atoms with Crippen LogP contribution in [0.1, 0.15) is 24.4 Å². The van der Waals surface area contributed by atoms with E-state index in [4.69, 9.17) is 9.72 Å². The summed E-state index contributed by atoms with van der Waals surface area (Å²) >= 11 is 0. The van der Waals surface area contributed by atoms with Crippen molar-refractivity contribution in [3.8, 4) is 17.0 Å². The summed E-state index contributed by atoms with van der Waals surface area (Å²) in [7, 11) is 3.72. The fourth-order valence-electron chi connectivity index (χ4n) is 4.16. The molecule has 1 saturated carbocycles. The van der Waals surface area contributed by atoms with Crippen LogP contribution in [0.4, 0.5) is 19.0 Å². The maximum absolute atomic E-state index is 14.2. The van der Waals surface area contributed by atoms with Crippen LogP contribution in [-0.2, 0) is 7.05 Å². The topological polar surface area (TPSA) is 60.5 Å². The van der Waals surface area contributed by atoms with Crippen molar-refractivity contribution in [1.82, 2.24) is 24.4 Å². The molecule has 10 heteroatoms. The van der Waals surface area contributed by atoms with E-state index in [0.717, 1.165) is 24.1 Å². The number of fused-ring (bicyclic) bond motifs is 1. The number of hydrogen-bond acceptors (Lipinski definition) is 5. The molecule has 7 nitrogen and oxygen atoms in total. The number of benzene rings is 1. The smallest absolute Gasteiger partial charge is 0.272 e. The normalized spacial score (nSPS) is 14.7. The second-order valence-corrected chi connectivity index (χ2v) is 8.26. The molecule has 0 spiro atoms. The summed E-state index contributed by atoms with van der Waals surface area (Å²) in [5.41, 5.74) is 2.73. The first-order valence-electron chi connectivity index (χ1n) is 10.7. The molecular weight excluding hydrogens is 433 g/mol. The van der Waals surface area contributed by atoms with E-state index < -0.39 is 18.8 Å². The molecule has 1 aliphatic rings. The molecule has 1 atom stereocenters. The zero-order valence-corrected chi connectivity index (χ0v) is 18.2. The average molecular weight is 456 g/mol. The Balaban J connectivity index is 1.53. The minimum atomic E-state index is -2.61. The van der Waals surface area contributed by atoms with Gasteiger partial charge in [-0.1, -0.05) is 0 Å². The summed E-state index contributed by atoms with van der Waals surface area (Å²) in [5, 5.41) is 8.81. The lowest BCUT2D eigenvalue weighted by molar-refractivity contribution is 0.0811. The van der Waals surface area contributed by atoms with Crippen molar-refractivity contribution in [3.05, 3.63) is 60.3 Å². The third-order valence-electron chi connectivity index (χ3n) is 5.85. The van der Waals surface area contributed by atoms with E-state index in [2.05, 4.69) is 10.2 Å². The van der Waals surface area contributed by atoms with Crippen LogP contribution < -0.4 is 9.64 Å². The van der Waals surface area contributed by atoms with Gasteiger partial charge in [0.2, 0.25) is 0 Å². The van der Waals surface area contributed by atoms with E-state index in [1.165, 1.54) is 18.2 Å². The molecule has 1 fully saturated rings. The van der Waals surface area contributed by atoms with Gasteiger partial charge in [-0.05, 0) is 49.1 Å². The summed E-state index contributed by atoms with van der Waals surface area (Å²) in [6.45, 7) is -0.743. The van der Waals surface area contributed by atoms with Gasteiger partial charge in [0, 0.05) is 32.1 Å². The highest BCUT2D eigenvalue weighted by Crippen LogP contribution is 2.47. The third kappa shape index (κ3) is 4.24. The molecule has 0 amide bonds. The summed E-state index contributed by atoms with van der Waals surface area (Å²) in [4.78, 5) is 6.78. The fraction of sp³-hybridized carbons (Fsp3) is 0.348. The molecule has 0 saturated heterocycles. The van der Waals surface area contributed by atoms with E-state index in [1.807, 2.05) is 43.5 Å². The van der Waals surface area contributed by atoms with Crippen LogP contribution in [0.25, 0.3) is 16.9 Å². The van der Waals surface area contributed by atoms with E-state index >= 15 is 0 Å². The van der Waals surface area contributed by atoms with E-state index in [0.29, 0.717) is 17.0 Å². The Kier molecular flexibility index (Phi) is 5.43. The second-order valence-electron chi connectivity index (χ2n) is 8.26. The number of aromatic nitrogens is 5. The number of ether oxygens (including phenoxy) is 1.